The van der Waals surface area contributed by atoms with Crippen LogP contribution in [0.4, 0.5) is 0 Å². The summed E-state index contributed by atoms with van der Waals surface area (Å²) in [6.45, 7) is 4.28. The first-order chi connectivity index (χ1) is 9.54. The average Bonchev–Trinajstić information content (AvgIpc) is 2.44. The molecule has 4 N–H and O–H groups in total. The van der Waals surface area contributed by atoms with Gasteiger partial charge in [0, 0.05) is 12.5 Å². The number of hydrogen-bond acceptors (Lipinski definition) is 3. The molecule has 0 aliphatic heterocycles. The topological polar surface area (TPSA) is 75.4 Å². The molecule has 4 nitrogen and oxygen atoms in total. The van der Waals surface area contributed by atoms with E-state index in [0.717, 1.165) is 12.0 Å². The van der Waals surface area contributed by atoms with Gasteiger partial charge in [0.05, 0.1) is 12.1 Å². The molecule has 0 spiro atoms. The van der Waals surface area contributed by atoms with Gasteiger partial charge in [-0.05, 0) is 25.3 Å². The lowest BCUT2D eigenvalue weighted by Gasteiger charge is -2.21. The maximum absolute atomic E-state index is 11.9. The van der Waals surface area contributed by atoms with Gasteiger partial charge in [-0.25, -0.2) is 0 Å². The molecule has 0 heterocycles. The quantitative estimate of drug-likeness (QED) is 0.688. The molecule has 0 aromatic heterocycles. The summed E-state index contributed by atoms with van der Waals surface area (Å²) in [7, 11) is 0. The van der Waals surface area contributed by atoms with E-state index in [4.69, 9.17) is 5.73 Å². The van der Waals surface area contributed by atoms with Crippen molar-refractivity contribution in [1.29, 1.82) is 0 Å². The fraction of sp³-hybridized carbons (Fsp3) is 0.562. The Bertz CT molecular complexity index is 399. The van der Waals surface area contributed by atoms with Gasteiger partial charge in [-0.1, -0.05) is 43.7 Å². The summed E-state index contributed by atoms with van der Waals surface area (Å²) in [5.74, 6) is -0.00708. The normalized spacial score (nSPS) is 14.7. The first-order valence-electron chi connectivity index (χ1n) is 7.30. The Morgan fingerprint density at radius 2 is 1.95 bits per heavy atom. The van der Waals surface area contributed by atoms with Crippen LogP contribution < -0.4 is 11.1 Å². The van der Waals surface area contributed by atoms with Crippen molar-refractivity contribution >= 4 is 18.3 Å². The fourth-order valence-corrected chi connectivity index (χ4v) is 2.27. The predicted molar refractivity (Wildman–Crippen MR) is 88.6 cm³/mol. The van der Waals surface area contributed by atoms with Crippen LogP contribution in [0.15, 0.2) is 30.3 Å². The number of aliphatic hydroxyl groups excluding tert-OH is 1. The van der Waals surface area contributed by atoms with Crippen LogP contribution >= 0.6 is 12.4 Å². The Morgan fingerprint density at radius 1 is 1.33 bits per heavy atom. The van der Waals surface area contributed by atoms with Crippen LogP contribution in [0.25, 0.3) is 0 Å². The minimum Gasteiger partial charge on any atom is -0.393 e. The van der Waals surface area contributed by atoms with Gasteiger partial charge in [-0.15, -0.1) is 12.4 Å². The Labute approximate surface area is 133 Å². The third kappa shape index (κ3) is 7.46. The molecular weight excluding hydrogens is 288 g/mol. The molecule has 1 aromatic rings. The molecule has 0 aliphatic rings. The standard InChI is InChI=1S/C16H26N2O2.ClH/c1-3-7-15(17)16(20)18-11-14(10-12(2)19)13-8-5-4-6-9-13;/h4-6,8-9,12,14-15,19H,3,7,10-11,17H2,1-2H3,(H,18,20);1H. The van der Waals surface area contributed by atoms with Crippen LogP contribution in [-0.2, 0) is 4.79 Å². The monoisotopic (exact) mass is 314 g/mol. The van der Waals surface area contributed by atoms with Crippen molar-refractivity contribution in [1.82, 2.24) is 5.32 Å². The highest BCUT2D eigenvalue weighted by Gasteiger charge is 2.17. The maximum atomic E-state index is 11.9. The Morgan fingerprint density at radius 3 is 2.48 bits per heavy atom. The Balaban J connectivity index is 0.00000400. The Kier molecular flexibility index (Phi) is 10.0. The molecule has 5 heteroatoms. The van der Waals surface area contributed by atoms with E-state index in [0.29, 0.717) is 19.4 Å². The van der Waals surface area contributed by atoms with Crippen LogP contribution in [0, 0.1) is 0 Å². The zero-order chi connectivity index (χ0) is 15.0. The summed E-state index contributed by atoms with van der Waals surface area (Å²) in [6, 6.07) is 9.49. The molecular formula is C16H27ClN2O2. The van der Waals surface area contributed by atoms with Gasteiger partial charge in [0.25, 0.3) is 0 Å². The van der Waals surface area contributed by atoms with E-state index in [9.17, 15) is 9.90 Å². The van der Waals surface area contributed by atoms with Gasteiger partial charge in [0.15, 0.2) is 0 Å². The van der Waals surface area contributed by atoms with Crippen LogP contribution in [0.5, 0.6) is 0 Å². The zero-order valence-corrected chi connectivity index (χ0v) is 13.6. The van der Waals surface area contributed by atoms with Crippen LogP contribution in [0.2, 0.25) is 0 Å². The van der Waals surface area contributed by atoms with Crippen molar-refractivity contribution in [3.05, 3.63) is 35.9 Å². The van der Waals surface area contributed by atoms with Gasteiger partial charge in [-0.2, -0.15) is 0 Å². The van der Waals surface area contributed by atoms with Crippen LogP contribution in [0.1, 0.15) is 44.6 Å². The first kappa shape index (κ1) is 19.9. The van der Waals surface area contributed by atoms with E-state index in [2.05, 4.69) is 5.32 Å². The number of halogens is 1. The predicted octanol–water partition coefficient (Wildman–Crippen LogP) is 2.21. The first-order valence-corrected chi connectivity index (χ1v) is 7.30. The van der Waals surface area contributed by atoms with E-state index in [-0.39, 0.29) is 24.2 Å². The lowest BCUT2D eigenvalue weighted by Crippen LogP contribution is -2.42. The van der Waals surface area contributed by atoms with E-state index >= 15 is 0 Å². The Hall–Kier alpha value is -1.10. The fourth-order valence-electron chi connectivity index (χ4n) is 2.27. The van der Waals surface area contributed by atoms with Crippen LogP contribution in [0.3, 0.4) is 0 Å². The summed E-state index contributed by atoms with van der Waals surface area (Å²) < 4.78 is 0. The zero-order valence-electron chi connectivity index (χ0n) is 12.8. The van der Waals surface area contributed by atoms with Crippen molar-refractivity contribution in [3.63, 3.8) is 0 Å². The minimum atomic E-state index is -0.442. The smallest absolute Gasteiger partial charge is 0.236 e. The van der Waals surface area contributed by atoms with Crippen molar-refractivity contribution in [3.8, 4) is 0 Å². The molecule has 1 rings (SSSR count). The summed E-state index contributed by atoms with van der Waals surface area (Å²) in [5.41, 5.74) is 6.92. The number of carbonyl (C=O) groups is 1. The molecule has 0 fully saturated rings. The van der Waals surface area contributed by atoms with Crippen molar-refractivity contribution < 1.29 is 9.90 Å². The molecule has 3 atom stereocenters. The highest BCUT2D eigenvalue weighted by molar-refractivity contribution is 5.85. The van der Waals surface area contributed by atoms with Crippen molar-refractivity contribution in [2.45, 2.75) is 51.2 Å². The third-order valence-electron chi connectivity index (χ3n) is 3.36. The average molecular weight is 315 g/mol. The summed E-state index contributed by atoms with van der Waals surface area (Å²) in [6.07, 6.45) is 1.80. The molecule has 0 saturated carbocycles. The van der Waals surface area contributed by atoms with E-state index in [1.165, 1.54) is 0 Å². The number of aliphatic hydroxyl groups is 1. The highest BCUT2D eigenvalue weighted by Crippen LogP contribution is 2.20. The molecule has 3 unspecified atom stereocenters. The number of nitrogens with two attached hydrogens (primary N) is 1. The molecule has 21 heavy (non-hydrogen) atoms. The lowest BCUT2D eigenvalue weighted by atomic mass is 9.93. The number of amides is 1. The van der Waals surface area contributed by atoms with Crippen LogP contribution in [-0.4, -0.2) is 29.7 Å². The van der Waals surface area contributed by atoms with Gasteiger partial charge in [-0.3, -0.25) is 4.79 Å². The second-order valence-corrected chi connectivity index (χ2v) is 5.33. The lowest BCUT2D eigenvalue weighted by molar-refractivity contribution is -0.122. The summed E-state index contributed by atoms with van der Waals surface area (Å²) >= 11 is 0. The van der Waals surface area contributed by atoms with Gasteiger partial charge >= 0.3 is 0 Å². The molecule has 120 valence electrons. The van der Waals surface area contributed by atoms with Gasteiger partial charge in [0.1, 0.15) is 0 Å². The SMILES string of the molecule is CCCC(N)C(=O)NCC(CC(C)O)c1ccccc1.Cl. The number of rotatable bonds is 8. The maximum Gasteiger partial charge on any atom is 0.236 e. The minimum absolute atomic E-state index is 0. The van der Waals surface area contributed by atoms with Gasteiger partial charge < -0.3 is 16.2 Å². The molecule has 0 aliphatic carbocycles. The number of hydrogen-bond donors (Lipinski definition) is 3. The third-order valence-corrected chi connectivity index (χ3v) is 3.36. The molecule has 0 radical (unpaired) electrons. The van der Waals surface area contributed by atoms with E-state index in [1.54, 1.807) is 6.92 Å². The van der Waals surface area contributed by atoms with E-state index in [1.807, 2.05) is 37.3 Å². The van der Waals surface area contributed by atoms with Crippen molar-refractivity contribution in [2.75, 3.05) is 6.54 Å². The van der Waals surface area contributed by atoms with Crippen molar-refractivity contribution in [2.24, 2.45) is 5.73 Å². The number of carbonyl (C=O) groups excluding carboxylic acids is 1. The largest absolute Gasteiger partial charge is 0.393 e. The summed E-state index contributed by atoms with van der Waals surface area (Å²) in [4.78, 5) is 11.9. The second-order valence-electron chi connectivity index (χ2n) is 5.33. The van der Waals surface area contributed by atoms with E-state index < -0.39 is 12.1 Å². The number of nitrogens with one attached hydrogen (secondary N) is 1. The molecule has 1 aromatic carbocycles. The number of benzene rings is 1. The second kappa shape index (κ2) is 10.6. The van der Waals surface area contributed by atoms with Gasteiger partial charge in [0.2, 0.25) is 5.91 Å². The molecule has 1 amide bonds. The summed E-state index contributed by atoms with van der Waals surface area (Å²) in [5, 5.41) is 12.5. The highest BCUT2D eigenvalue weighted by atomic mass is 35.5. The molecule has 0 bridgehead atoms. The molecule has 0 saturated heterocycles.